The Hall–Kier alpha value is -3.08. The van der Waals surface area contributed by atoms with Gasteiger partial charge in [0.15, 0.2) is 17.7 Å². The molecule has 0 spiro atoms. The standard InChI is InChI=1S/C17H18N6O4/c18-15-12-16(20-8-19-15)23(9-21-12)17-14(25)13(24)11(27-17)6-22-26-7-10-4-2-1-3-5-10/h1-6,8-9,11,13-14,17,24-25H,7H2,(H2,18,19,20)/t11-,13-,14-,17-/m1/s1. The van der Waals surface area contributed by atoms with Gasteiger partial charge in [-0.15, -0.1) is 0 Å². The van der Waals surface area contributed by atoms with Crippen molar-refractivity contribution in [3.8, 4) is 0 Å². The normalized spacial score (nSPS) is 25.4. The average Bonchev–Trinajstić information content (AvgIpc) is 3.23. The van der Waals surface area contributed by atoms with E-state index in [1.54, 1.807) is 0 Å². The Kier molecular flexibility index (Phi) is 4.67. The summed E-state index contributed by atoms with van der Waals surface area (Å²) in [6, 6.07) is 9.54. The molecule has 4 rings (SSSR count). The van der Waals surface area contributed by atoms with Crippen LogP contribution in [-0.2, 0) is 16.2 Å². The molecule has 3 aromatic rings. The van der Waals surface area contributed by atoms with Crippen molar-refractivity contribution in [1.82, 2.24) is 19.5 Å². The number of aliphatic hydroxyl groups excluding tert-OH is 2. The highest BCUT2D eigenvalue weighted by Gasteiger charge is 2.43. The molecule has 1 aliphatic heterocycles. The van der Waals surface area contributed by atoms with Gasteiger partial charge >= 0.3 is 0 Å². The first-order chi connectivity index (χ1) is 13.1. The van der Waals surface area contributed by atoms with E-state index in [2.05, 4.69) is 20.1 Å². The molecule has 2 aromatic heterocycles. The lowest BCUT2D eigenvalue weighted by atomic mass is 10.1. The summed E-state index contributed by atoms with van der Waals surface area (Å²) < 4.78 is 7.22. The third kappa shape index (κ3) is 3.33. The van der Waals surface area contributed by atoms with Crippen LogP contribution in [0.25, 0.3) is 11.2 Å². The smallest absolute Gasteiger partial charge is 0.167 e. The van der Waals surface area contributed by atoms with Crippen molar-refractivity contribution in [2.45, 2.75) is 31.1 Å². The van der Waals surface area contributed by atoms with Crippen LogP contribution in [0.15, 0.2) is 48.1 Å². The second kappa shape index (κ2) is 7.27. The molecule has 0 amide bonds. The van der Waals surface area contributed by atoms with Gasteiger partial charge in [0.1, 0.15) is 36.8 Å². The summed E-state index contributed by atoms with van der Waals surface area (Å²) in [6.45, 7) is 0.286. The lowest BCUT2D eigenvalue weighted by Gasteiger charge is -2.16. The number of aliphatic hydroxyl groups is 2. The molecule has 0 saturated carbocycles. The molecule has 0 radical (unpaired) electrons. The SMILES string of the molecule is Nc1ncnc2c1ncn2[C@@H]1O[C@H](C=NOCc2ccccc2)[C@@H](O)[C@H]1O. The number of rotatable bonds is 5. The van der Waals surface area contributed by atoms with Gasteiger partial charge in [-0.3, -0.25) is 4.57 Å². The van der Waals surface area contributed by atoms with Gasteiger partial charge in [0, 0.05) is 0 Å². The predicted octanol–water partition coefficient (Wildman–Crippen LogP) is 0.230. The van der Waals surface area contributed by atoms with Crippen molar-refractivity contribution < 1.29 is 19.8 Å². The van der Waals surface area contributed by atoms with Gasteiger partial charge in [-0.05, 0) is 5.56 Å². The van der Waals surface area contributed by atoms with E-state index in [0.29, 0.717) is 11.2 Å². The summed E-state index contributed by atoms with van der Waals surface area (Å²) >= 11 is 0. The molecule has 27 heavy (non-hydrogen) atoms. The van der Waals surface area contributed by atoms with E-state index >= 15 is 0 Å². The Morgan fingerprint density at radius 2 is 2.00 bits per heavy atom. The molecule has 1 aliphatic rings. The molecule has 1 saturated heterocycles. The predicted molar refractivity (Wildman–Crippen MR) is 95.4 cm³/mol. The summed E-state index contributed by atoms with van der Waals surface area (Å²) in [5.74, 6) is 0.221. The van der Waals surface area contributed by atoms with Crippen LogP contribution in [0.1, 0.15) is 11.8 Å². The number of aromatic nitrogens is 4. The van der Waals surface area contributed by atoms with Gasteiger partial charge in [0.2, 0.25) is 0 Å². The lowest BCUT2D eigenvalue weighted by Crippen LogP contribution is -2.32. The second-order valence-electron chi connectivity index (χ2n) is 6.07. The van der Waals surface area contributed by atoms with Crippen molar-refractivity contribution in [3.63, 3.8) is 0 Å². The Morgan fingerprint density at radius 3 is 2.81 bits per heavy atom. The highest BCUT2D eigenvalue weighted by molar-refractivity contribution is 5.81. The van der Waals surface area contributed by atoms with Crippen LogP contribution in [0.3, 0.4) is 0 Å². The number of hydrogen-bond donors (Lipinski definition) is 3. The molecule has 10 heteroatoms. The van der Waals surface area contributed by atoms with E-state index in [4.69, 9.17) is 15.3 Å². The van der Waals surface area contributed by atoms with Crippen molar-refractivity contribution in [3.05, 3.63) is 48.5 Å². The zero-order valence-corrected chi connectivity index (χ0v) is 14.2. The zero-order chi connectivity index (χ0) is 18.8. The van der Waals surface area contributed by atoms with Gasteiger partial charge in [-0.2, -0.15) is 0 Å². The molecular formula is C17H18N6O4. The molecule has 10 nitrogen and oxygen atoms in total. The highest BCUT2D eigenvalue weighted by Crippen LogP contribution is 2.31. The zero-order valence-electron chi connectivity index (χ0n) is 14.2. The van der Waals surface area contributed by atoms with Gasteiger partial charge < -0.3 is 25.5 Å². The molecule has 1 fully saturated rings. The molecule has 1 aromatic carbocycles. The fourth-order valence-corrected chi connectivity index (χ4v) is 2.88. The fraction of sp³-hybridized carbons (Fsp3) is 0.294. The van der Waals surface area contributed by atoms with Crippen molar-refractivity contribution >= 4 is 23.2 Å². The maximum absolute atomic E-state index is 10.4. The van der Waals surface area contributed by atoms with Crippen LogP contribution in [-0.4, -0.2) is 54.3 Å². The van der Waals surface area contributed by atoms with E-state index in [1.165, 1.54) is 23.4 Å². The lowest BCUT2D eigenvalue weighted by molar-refractivity contribution is -0.0216. The summed E-state index contributed by atoms with van der Waals surface area (Å²) in [4.78, 5) is 17.3. The quantitative estimate of drug-likeness (QED) is 0.428. The van der Waals surface area contributed by atoms with Crippen molar-refractivity contribution in [1.29, 1.82) is 0 Å². The number of ether oxygens (including phenoxy) is 1. The number of anilines is 1. The summed E-state index contributed by atoms with van der Waals surface area (Å²) in [5, 5.41) is 24.5. The summed E-state index contributed by atoms with van der Waals surface area (Å²) in [7, 11) is 0. The van der Waals surface area contributed by atoms with Gasteiger partial charge in [-0.1, -0.05) is 35.5 Å². The third-order valence-corrected chi connectivity index (χ3v) is 4.29. The number of imidazole rings is 1. The Bertz CT molecular complexity index is 947. The minimum atomic E-state index is -1.20. The molecule has 4 N–H and O–H groups in total. The van der Waals surface area contributed by atoms with E-state index in [1.807, 2.05) is 30.3 Å². The largest absolute Gasteiger partial charge is 0.391 e. The van der Waals surface area contributed by atoms with Crippen LogP contribution < -0.4 is 5.73 Å². The van der Waals surface area contributed by atoms with Crippen molar-refractivity contribution in [2.75, 3.05) is 5.73 Å². The first kappa shape index (κ1) is 17.3. The average molecular weight is 370 g/mol. The third-order valence-electron chi connectivity index (χ3n) is 4.29. The fourth-order valence-electron chi connectivity index (χ4n) is 2.88. The maximum atomic E-state index is 10.4. The molecule has 140 valence electrons. The van der Waals surface area contributed by atoms with E-state index in [-0.39, 0.29) is 12.4 Å². The minimum Gasteiger partial charge on any atom is -0.391 e. The monoisotopic (exact) mass is 370 g/mol. The first-order valence-electron chi connectivity index (χ1n) is 8.29. The number of nitrogens with zero attached hydrogens (tertiary/aromatic N) is 5. The molecule has 3 heterocycles. The van der Waals surface area contributed by atoms with E-state index < -0.39 is 24.5 Å². The van der Waals surface area contributed by atoms with Crippen LogP contribution >= 0.6 is 0 Å². The molecule has 4 atom stereocenters. The van der Waals surface area contributed by atoms with Crippen LogP contribution in [0.2, 0.25) is 0 Å². The Labute approximate surface area is 153 Å². The number of oxime groups is 1. The van der Waals surface area contributed by atoms with Crippen LogP contribution in [0.4, 0.5) is 5.82 Å². The Morgan fingerprint density at radius 1 is 1.19 bits per heavy atom. The maximum Gasteiger partial charge on any atom is 0.167 e. The Balaban J connectivity index is 1.46. The van der Waals surface area contributed by atoms with Gasteiger partial charge in [0.05, 0.1) is 12.5 Å². The molecular weight excluding hydrogens is 352 g/mol. The second-order valence-corrected chi connectivity index (χ2v) is 6.07. The van der Waals surface area contributed by atoms with E-state index in [0.717, 1.165) is 5.56 Å². The molecule has 0 bridgehead atoms. The van der Waals surface area contributed by atoms with Crippen LogP contribution in [0.5, 0.6) is 0 Å². The van der Waals surface area contributed by atoms with Gasteiger partial charge in [-0.25, -0.2) is 15.0 Å². The summed E-state index contributed by atoms with van der Waals surface area (Å²) in [5.41, 5.74) is 7.52. The van der Waals surface area contributed by atoms with Crippen LogP contribution in [0, 0.1) is 0 Å². The first-order valence-corrected chi connectivity index (χ1v) is 8.29. The minimum absolute atomic E-state index is 0.221. The number of hydrogen-bond acceptors (Lipinski definition) is 9. The number of nitrogens with two attached hydrogens (primary N) is 1. The molecule has 0 unspecified atom stereocenters. The topological polar surface area (TPSA) is 141 Å². The van der Waals surface area contributed by atoms with E-state index in [9.17, 15) is 10.2 Å². The number of nitrogen functional groups attached to an aromatic ring is 1. The van der Waals surface area contributed by atoms with Gasteiger partial charge in [0.25, 0.3) is 0 Å². The number of benzene rings is 1. The molecule has 0 aliphatic carbocycles. The highest BCUT2D eigenvalue weighted by atomic mass is 16.6. The summed E-state index contributed by atoms with van der Waals surface area (Å²) in [6.07, 6.45) is -0.0903. The number of fused-ring (bicyclic) bond motifs is 1. The van der Waals surface area contributed by atoms with Crippen molar-refractivity contribution in [2.24, 2.45) is 5.16 Å².